The second-order valence-electron chi connectivity index (χ2n) is 7.78. The molecule has 0 unspecified atom stereocenters. The molecule has 1 aliphatic rings. The van der Waals surface area contributed by atoms with Crippen molar-refractivity contribution in [1.82, 2.24) is 9.88 Å². The molecule has 1 aliphatic heterocycles. The molecule has 1 fully saturated rings. The summed E-state index contributed by atoms with van der Waals surface area (Å²) in [6.45, 7) is 8.20. The van der Waals surface area contributed by atoms with Gasteiger partial charge in [-0.15, -0.1) is 11.3 Å². The first-order valence-electron chi connectivity index (χ1n) is 9.02. The quantitative estimate of drug-likeness (QED) is 0.589. The first-order valence-corrected chi connectivity index (χ1v) is 10.7. The van der Waals surface area contributed by atoms with Crippen molar-refractivity contribution in [3.63, 3.8) is 0 Å². The summed E-state index contributed by atoms with van der Waals surface area (Å²) in [4.78, 5) is 19.3. The molecule has 5 heteroatoms. The van der Waals surface area contributed by atoms with Crippen LogP contribution >= 0.6 is 27.3 Å². The predicted octanol–water partition coefficient (Wildman–Crippen LogP) is 5.62. The topological polar surface area (TPSA) is 33.2 Å². The maximum atomic E-state index is 12.5. The van der Waals surface area contributed by atoms with Crippen molar-refractivity contribution in [3.05, 3.63) is 56.5 Å². The van der Waals surface area contributed by atoms with Crippen molar-refractivity contribution in [2.75, 3.05) is 13.1 Å². The second kappa shape index (κ2) is 8.05. The number of hydrogen-bond donors (Lipinski definition) is 0. The number of carbonyl (C=O) groups is 1. The smallest absolute Gasteiger partial charge is 0.246 e. The summed E-state index contributed by atoms with van der Waals surface area (Å²) in [5, 5.41) is 3.42. The zero-order valence-corrected chi connectivity index (χ0v) is 17.9. The van der Waals surface area contributed by atoms with E-state index in [1.807, 2.05) is 35.2 Å². The van der Waals surface area contributed by atoms with Crippen LogP contribution in [0.3, 0.4) is 0 Å². The number of carbonyl (C=O) groups excluding carboxylic acids is 1. The van der Waals surface area contributed by atoms with E-state index in [0.717, 1.165) is 36.0 Å². The van der Waals surface area contributed by atoms with E-state index < -0.39 is 0 Å². The van der Waals surface area contributed by atoms with Crippen LogP contribution < -0.4 is 0 Å². The van der Waals surface area contributed by atoms with E-state index in [1.54, 1.807) is 17.4 Å². The Kier molecular flexibility index (Phi) is 5.98. The number of halogens is 1. The van der Waals surface area contributed by atoms with Crippen LogP contribution in [0.5, 0.6) is 0 Å². The van der Waals surface area contributed by atoms with Crippen LogP contribution in [0, 0.1) is 0 Å². The van der Waals surface area contributed by atoms with Crippen LogP contribution in [-0.2, 0) is 10.2 Å². The molecule has 2 aromatic rings. The molecule has 0 aliphatic carbocycles. The molecule has 3 rings (SSSR count). The summed E-state index contributed by atoms with van der Waals surface area (Å²) in [6, 6.07) is 7.92. The van der Waals surface area contributed by atoms with E-state index in [9.17, 15) is 4.79 Å². The van der Waals surface area contributed by atoms with E-state index in [1.165, 1.54) is 10.7 Å². The molecule has 1 amide bonds. The third kappa shape index (κ3) is 4.63. The molecule has 2 heterocycles. The number of piperidine rings is 1. The van der Waals surface area contributed by atoms with E-state index in [0.29, 0.717) is 5.92 Å². The van der Waals surface area contributed by atoms with E-state index in [-0.39, 0.29) is 11.3 Å². The molecular weight excluding hydrogens is 408 g/mol. The van der Waals surface area contributed by atoms with Crippen LogP contribution in [0.25, 0.3) is 6.08 Å². The summed E-state index contributed by atoms with van der Waals surface area (Å²) in [5.41, 5.74) is 2.29. The Hall–Kier alpha value is -1.46. The number of thiazole rings is 1. The van der Waals surface area contributed by atoms with Crippen molar-refractivity contribution in [2.45, 2.75) is 44.9 Å². The molecule has 3 nitrogen and oxygen atoms in total. The minimum atomic E-state index is 0.0914. The van der Waals surface area contributed by atoms with Crippen LogP contribution in [0.2, 0.25) is 0 Å². The van der Waals surface area contributed by atoms with Gasteiger partial charge in [-0.3, -0.25) is 4.79 Å². The van der Waals surface area contributed by atoms with Crippen molar-refractivity contribution >= 4 is 39.2 Å². The number of hydrogen-bond acceptors (Lipinski definition) is 3. The Bertz CT molecular complexity index is 798. The fraction of sp³-hybridized carbons (Fsp3) is 0.429. The normalized spacial score (nSPS) is 16.4. The number of aromatic nitrogens is 1. The Balaban J connectivity index is 1.57. The highest BCUT2D eigenvalue weighted by Crippen LogP contribution is 2.33. The molecule has 1 saturated heterocycles. The largest absolute Gasteiger partial charge is 0.339 e. The summed E-state index contributed by atoms with van der Waals surface area (Å²) in [5.74, 6) is 0.570. The number of rotatable bonds is 3. The van der Waals surface area contributed by atoms with E-state index >= 15 is 0 Å². The number of amides is 1. The average molecular weight is 433 g/mol. The maximum Gasteiger partial charge on any atom is 0.246 e. The minimum absolute atomic E-state index is 0.0914. The van der Waals surface area contributed by atoms with Gasteiger partial charge >= 0.3 is 0 Å². The number of benzene rings is 1. The van der Waals surface area contributed by atoms with Gasteiger partial charge in [0.15, 0.2) is 0 Å². The van der Waals surface area contributed by atoms with E-state index in [4.69, 9.17) is 4.98 Å². The fourth-order valence-electron chi connectivity index (χ4n) is 3.04. The van der Waals surface area contributed by atoms with Crippen molar-refractivity contribution in [3.8, 4) is 0 Å². The Morgan fingerprint density at radius 3 is 2.58 bits per heavy atom. The lowest BCUT2D eigenvalue weighted by molar-refractivity contribution is -0.126. The highest BCUT2D eigenvalue weighted by Gasteiger charge is 2.26. The third-order valence-corrected chi connectivity index (χ3v) is 6.49. The van der Waals surface area contributed by atoms with Crippen LogP contribution in [0.1, 0.15) is 55.8 Å². The zero-order chi connectivity index (χ0) is 18.7. The maximum absolute atomic E-state index is 12.5. The number of nitrogens with zero attached hydrogens (tertiary/aromatic N) is 2. The molecule has 1 aromatic heterocycles. The molecular formula is C21H25BrN2OS. The highest BCUT2D eigenvalue weighted by molar-refractivity contribution is 9.10. The van der Waals surface area contributed by atoms with Gasteiger partial charge in [-0.25, -0.2) is 4.98 Å². The van der Waals surface area contributed by atoms with E-state index in [2.05, 4.69) is 42.1 Å². The van der Waals surface area contributed by atoms with Crippen molar-refractivity contribution in [2.24, 2.45) is 0 Å². The molecule has 0 radical (unpaired) electrons. The monoisotopic (exact) mass is 432 g/mol. The zero-order valence-electron chi connectivity index (χ0n) is 15.5. The van der Waals surface area contributed by atoms with Gasteiger partial charge < -0.3 is 4.90 Å². The molecule has 0 spiro atoms. The molecule has 138 valence electrons. The van der Waals surface area contributed by atoms with Crippen molar-refractivity contribution < 1.29 is 4.79 Å². The molecule has 0 atom stereocenters. The average Bonchev–Trinajstić information content (AvgIpc) is 3.11. The lowest BCUT2D eigenvalue weighted by Crippen LogP contribution is -2.36. The van der Waals surface area contributed by atoms with Gasteiger partial charge in [-0.05, 0) is 30.5 Å². The predicted molar refractivity (Wildman–Crippen MR) is 113 cm³/mol. The van der Waals surface area contributed by atoms with Crippen LogP contribution in [0.4, 0.5) is 0 Å². The Morgan fingerprint density at radius 1 is 1.27 bits per heavy atom. The van der Waals surface area contributed by atoms with Gasteiger partial charge in [0.05, 0.1) is 10.7 Å². The SMILES string of the molecule is CC(C)(C)c1csc(C2CCN(C(=O)/C=C/c3ccccc3Br)CC2)n1. The van der Waals surface area contributed by atoms with Crippen LogP contribution in [-0.4, -0.2) is 28.9 Å². The summed E-state index contributed by atoms with van der Waals surface area (Å²) in [7, 11) is 0. The summed E-state index contributed by atoms with van der Waals surface area (Å²) < 4.78 is 1.00. The second-order valence-corrected chi connectivity index (χ2v) is 9.52. The molecule has 0 bridgehead atoms. The number of likely N-dealkylation sites (tertiary alicyclic amines) is 1. The molecule has 26 heavy (non-hydrogen) atoms. The standard InChI is InChI=1S/C21H25BrN2OS/c1-21(2,3)18-14-26-20(23-18)16-10-12-24(13-11-16)19(25)9-8-15-6-4-5-7-17(15)22/h4-9,14,16H,10-13H2,1-3H3/b9-8+. The van der Waals surface area contributed by atoms with Gasteiger partial charge in [0.25, 0.3) is 0 Å². The fourth-order valence-corrected chi connectivity index (χ4v) is 4.68. The van der Waals surface area contributed by atoms with Gasteiger partial charge in [-0.1, -0.05) is 54.9 Å². The lowest BCUT2D eigenvalue weighted by Gasteiger charge is -2.30. The van der Waals surface area contributed by atoms with Gasteiger partial charge in [0, 0.05) is 40.4 Å². The minimum Gasteiger partial charge on any atom is -0.339 e. The van der Waals surface area contributed by atoms with Gasteiger partial charge in [0.2, 0.25) is 5.91 Å². The Morgan fingerprint density at radius 2 is 1.96 bits per heavy atom. The first-order chi connectivity index (χ1) is 12.3. The summed E-state index contributed by atoms with van der Waals surface area (Å²) in [6.07, 6.45) is 5.55. The first kappa shape index (κ1) is 19.3. The Labute approximate surface area is 168 Å². The molecule has 0 N–H and O–H groups in total. The molecule has 0 saturated carbocycles. The van der Waals surface area contributed by atoms with Gasteiger partial charge in [0.1, 0.15) is 0 Å². The molecule has 1 aromatic carbocycles. The third-order valence-electron chi connectivity index (χ3n) is 4.76. The summed E-state index contributed by atoms with van der Waals surface area (Å²) >= 11 is 5.28. The highest BCUT2D eigenvalue weighted by atomic mass is 79.9. The lowest BCUT2D eigenvalue weighted by atomic mass is 9.93. The van der Waals surface area contributed by atoms with Crippen LogP contribution in [0.15, 0.2) is 40.2 Å². The van der Waals surface area contributed by atoms with Gasteiger partial charge in [-0.2, -0.15) is 0 Å². The van der Waals surface area contributed by atoms with Crippen molar-refractivity contribution in [1.29, 1.82) is 0 Å².